The fourth-order valence-electron chi connectivity index (χ4n) is 4.59. The van der Waals surface area contributed by atoms with E-state index < -0.39 is 0 Å². The monoisotopic (exact) mass is 516 g/mol. The highest BCUT2D eigenvalue weighted by atomic mass is 35.5. The molecule has 36 heavy (non-hydrogen) atoms. The van der Waals surface area contributed by atoms with E-state index in [4.69, 9.17) is 18.0 Å². The van der Waals surface area contributed by atoms with Crippen LogP contribution in [-0.4, -0.2) is 48.5 Å². The normalized spacial score (nSPS) is 16.5. The number of nitrogens with one attached hydrogen (secondary N) is 1. The van der Waals surface area contributed by atoms with Crippen molar-refractivity contribution in [3.63, 3.8) is 0 Å². The zero-order chi connectivity index (χ0) is 25.0. The van der Waals surface area contributed by atoms with Gasteiger partial charge < -0.3 is 4.90 Å². The molecule has 3 aromatic rings. The zero-order valence-electron chi connectivity index (χ0n) is 20.1. The third-order valence-electron chi connectivity index (χ3n) is 7.01. The van der Waals surface area contributed by atoms with Crippen molar-refractivity contribution in [2.75, 3.05) is 42.9 Å². The highest BCUT2D eigenvalue weighted by Crippen LogP contribution is 2.43. The molecule has 5 rings (SSSR count). The third kappa shape index (κ3) is 5.82. The molecular weight excluding hydrogens is 488 g/mol. The first-order valence-electron chi connectivity index (χ1n) is 12.3. The highest BCUT2D eigenvalue weighted by Gasteiger charge is 2.33. The van der Waals surface area contributed by atoms with Crippen LogP contribution in [0.15, 0.2) is 66.1 Å². The summed E-state index contributed by atoms with van der Waals surface area (Å²) in [5, 5.41) is 6.00. The summed E-state index contributed by atoms with van der Waals surface area (Å²) in [7, 11) is 0. The van der Waals surface area contributed by atoms with Crippen LogP contribution in [0.4, 0.5) is 10.8 Å². The fourth-order valence-corrected chi connectivity index (χ4v) is 5.53. The van der Waals surface area contributed by atoms with E-state index in [-0.39, 0.29) is 11.3 Å². The summed E-state index contributed by atoms with van der Waals surface area (Å²) in [5.74, 6) is 2.60. The molecule has 7 heteroatoms. The van der Waals surface area contributed by atoms with Crippen LogP contribution >= 0.6 is 22.9 Å². The van der Waals surface area contributed by atoms with Gasteiger partial charge in [-0.3, -0.25) is 15.0 Å². The topological polar surface area (TPSA) is 48.5 Å². The van der Waals surface area contributed by atoms with E-state index in [1.54, 1.807) is 0 Å². The number of amides is 1. The number of rotatable bonds is 9. The number of carbonyl (C=O) groups excluding carboxylic acids is 1. The molecule has 0 saturated carbocycles. The van der Waals surface area contributed by atoms with Crippen molar-refractivity contribution in [1.29, 1.82) is 0 Å². The fraction of sp³-hybridized carbons (Fsp3) is 0.310. The standard InChI is InChI=1S/C29H29ClN4OS/c1-2-3-12-29(13-14-29)15-16-33-17-19-34(20-18-33)23-10-8-22(9-11-23)27(35)32-28-31-26(21-36-28)24-6-4-5-7-25(24)30/h1,4-11,13-14,21H,3,12,15-20H2,(H,31,32,35). The second kappa shape index (κ2) is 10.9. The van der Waals surface area contributed by atoms with E-state index >= 15 is 0 Å². The van der Waals surface area contributed by atoms with Crippen LogP contribution < -0.4 is 10.2 Å². The Morgan fingerprint density at radius 3 is 2.53 bits per heavy atom. The third-order valence-corrected chi connectivity index (χ3v) is 8.10. The van der Waals surface area contributed by atoms with Gasteiger partial charge >= 0.3 is 0 Å². The van der Waals surface area contributed by atoms with Crippen molar-refractivity contribution in [2.45, 2.75) is 19.3 Å². The minimum absolute atomic E-state index is 0.168. The van der Waals surface area contributed by atoms with Crippen LogP contribution in [0.5, 0.6) is 0 Å². The van der Waals surface area contributed by atoms with Gasteiger partial charge in [-0.25, -0.2) is 4.98 Å². The highest BCUT2D eigenvalue weighted by molar-refractivity contribution is 7.14. The second-order valence-corrected chi connectivity index (χ2v) is 10.6. The molecule has 5 nitrogen and oxygen atoms in total. The number of anilines is 2. The molecule has 0 atom stereocenters. The zero-order valence-corrected chi connectivity index (χ0v) is 21.7. The Balaban J connectivity index is 1.11. The van der Waals surface area contributed by atoms with Crippen LogP contribution in [0.25, 0.3) is 11.3 Å². The average molecular weight is 517 g/mol. The Kier molecular flexibility index (Phi) is 7.43. The molecule has 2 aliphatic rings. The van der Waals surface area contributed by atoms with Gasteiger partial charge in [0.25, 0.3) is 5.91 Å². The molecule has 0 radical (unpaired) electrons. The van der Waals surface area contributed by atoms with Crippen LogP contribution in [-0.2, 0) is 0 Å². The van der Waals surface area contributed by atoms with E-state index in [2.05, 4.69) is 38.2 Å². The Morgan fingerprint density at radius 2 is 1.83 bits per heavy atom. The van der Waals surface area contributed by atoms with Gasteiger partial charge in [-0.05, 0) is 49.7 Å². The van der Waals surface area contributed by atoms with Crippen molar-refractivity contribution in [2.24, 2.45) is 5.41 Å². The van der Waals surface area contributed by atoms with Crippen molar-refractivity contribution >= 4 is 39.7 Å². The molecular formula is C29H29ClN4OS. The first-order chi connectivity index (χ1) is 17.5. The maximum absolute atomic E-state index is 12.8. The van der Waals surface area contributed by atoms with Gasteiger partial charge in [0.2, 0.25) is 0 Å². The number of benzene rings is 2. The Hall–Kier alpha value is -3.11. The largest absolute Gasteiger partial charge is 0.369 e. The number of hydrogen-bond acceptors (Lipinski definition) is 5. The predicted molar refractivity (Wildman–Crippen MR) is 150 cm³/mol. The smallest absolute Gasteiger partial charge is 0.257 e. The van der Waals surface area contributed by atoms with Crippen LogP contribution in [0.2, 0.25) is 5.02 Å². The molecule has 1 N–H and O–H groups in total. The van der Waals surface area contributed by atoms with E-state index in [1.165, 1.54) is 11.3 Å². The summed E-state index contributed by atoms with van der Waals surface area (Å²) in [6.45, 7) is 5.18. The molecule has 1 aromatic heterocycles. The average Bonchev–Trinajstić information content (AvgIpc) is 3.54. The maximum atomic E-state index is 12.8. The number of carbonyl (C=O) groups is 1. The number of aromatic nitrogens is 1. The summed E-state index contributed by atoms with van der Waals surface area (Å²) in [5.41, 5.74) is 3.66. The molecule has 0 unspecified atom stereocenters. The van der Waals surface area contributed by atoms with Crippen molar-refractivity contribution in [3.05, 3.63) is 76.6 Å². The minimum atomic E-state index is -0.168. The molecule has 184 valence electrons. The van der Waals surface area contributed by atoms with E-state index in [0.29, 0.717) is 15.7 Å². The molecule has 0 spiro atoms. The molecule has 1 aliphatic heterocycles. The minimum Gasteiger partial charge on any atom is -0.369 e. The number of piperazine rings is 1. The van der Waals surface area contributed by atoms with Crippen molar-refractivity contribution in [3.8, 4) is 23.6 Å². The number of allylic oxidation sites excluding steroid dienone is 2. The van der Waals surface area contributed by atoms with Crippen molar-refractivity contribution in [1.82, 2.24) is 9.88 Å². The van der Waals surface area contributed by atoms with Gasteiger partial charge in [-0.15, -0.1) is 23.7 Å². The van der Waals surface area contributed by atoms with Gasteiger partial charge in [0.1, 0.15) is 0 Å². The van der Waals surface area contributed by atoms with Crippen molar-refractivity contribution < 1.29 is 4.79 Å². The van der Waals surface area contributed by atoms with Crippen LogP contribution in [0, 0.1) is 17.8 Å². The molecule has 1 fully saturated rings. The molecule has 2 aromatic carbocycles. The summed E-state index contributed by atoms with van der Waals surface area (Å²) >= 11 is 7.66. The molecule has 0 bridgehead atoms. The van der Waals surface area contributed by atoms with Crippen LogP contribution in [0.1, 0.15) is 29.6 Å². The van der Waals surface area contributed by atoms with E-state index in [0.717, 1.165) is 68.9 Å². The summed E-state index contributed by atoms with van der Waals surface area (Å²) in [6, 6.07) is 15.4. The summed E-state index contributed by atoms with van der Waals surface area (Å²) in [4.78, 5) is 22.2. The number of thiazole rings is 1. The lowest BCUT2D eigenvalue weighted by atomic mass is 9.93. The second-order valence-electron chi connectivity index (χ2n) is 9.37. The lowest BCUT2D eigenvalue weighted by Crippen LogP contribution is -2.47. The lowest BCUT2D eigenvalue weighted by Gasteiger charge is -2.36. The lowest BCUT2D eigenvalue weighted by molar-refractivity contribution is 0.102. The Labute approximate surface area is 221 Å². The SMILES string of the molecule is C#CCCC1(CCN2CCN(c3ccc(C(=O)Nc4nc(-c5ccccc5Cl)cs4)cc3)CC2)C=C1. The van der Waals surface area contributed by atoms with Gasteiger partial charge in [0.05, 0.1) is 5.69 Å². The first-order valence-corrected chi connectivity index (χ1v) is 13.5. The summed E-state index contributed by atoms with van der Waals surface area (Å²) < 4.78 is 0. The number of hydrogen-bond donors (Lipinski definition) is 1. The van der Waals surface area contributed by atoms with E-state index in [9.17, 15) is 4.79 Å². The van der Waals surface area contributed by atoms with E-state index in [1.807, 2.05) is 53.9 Å². The van der Waals surface area contributed by atoms with Crippen LogP contribution in [0.3, 0.4) is 0 Å². The Morgan fingerprint density at radius 1 is 1.08 bits per heavy atom. The number of nitrogens with zero attached hydrogens (tertiary/aromatic N) is 3. The first kappa shape index (κ1) is 24.6. The number of halogens is 1. The Bertz CT molecular complexity index is 1280. The predicted octanol–water partition coefficient (Wildman–Crippen LogP) is 6.20. The quantitative estimate of drug-likeness (QED) is 0.272. The van der Waals surface area contributed by atoms with Gasteiger partial charge in [0, 0.05) is 65.2 Å². The van der Waals surface area contributed by atoms with Gasteiger partial charge in [-0.2, -0.15) is 0 Å². The number of terminal acetylenes is 1. The molecule has 2 heterocycles. The van der Waals surface area contributed by atoms with Gasteiger partial charge in [0.15, 0.2) is 5.13 Å². The van der Waals surface area contributed by atoms with Gasteiger partial charge in [-0.1, -0.05) is 42.0 Å². The molecule has 1 saturated heterocycles. The molecule has 1 amide bonds. The molecule has 1 aliphatic carbocycles. The summed E-state index contributed by atoms with van der Waals surface area (Å²) in [6.07, 6.45) is 13.1. The maximum Gasteiger partial charge on any atom is 0.257 e.